The van der Waals surface area contributed by atoms with E-state index in [1.807, 2.05) is 0 Å². The molecule has 10 rings (SSSR count). The lowest BCUT2D eigenvalue weighted by Gasteiger charge is -2.27. The second kappa shape index (κ2) is 19.3. The van der Waals surface area contributed by atoms with E-state index in [0.717, 1.165) is 45.3 Å². The average molecular weight is 849 g/mol. The molecule has 0 spiro atoms. The highest BCUT2D eigenvalue weighted by Gasteiger charge is 2.21. The summed E-state index contributed by atoms with van der Waals surface area (Å²) in [4.78, 5) is 4.70. The standard InChI is InChI=1S/C64H52N2/c1-47-23-35-57(36-24-47)65(61-43-31-55(32-44-61)63(51-15-7-3-8-16-51)52-17-9-4-10-18-52)59-39-27-49(28-40-59)50-29-41-60(42-30-50)66(58-37-25-48(2)26-38-58)62-45-33-56(34-46-62)64(53-19-11-5-12-20-53)54-21-13-6-14-22-54/h3-46,63-64H,1-2H3. The molecule has 0 aliphatic heterocycles. The first kappa shape index (κ1) is 41.8. The molecule has 0 aromatic heterocycles. The minimum absolute atomic E-state index is 0.141. The highest BCUT2D eigenvalue weighted by molar-refractivity contribution is 5.81. The molecule has 0 aliphatic carbocycles. The fourth-order valence-corrected chi connectivity index (χ4v) is 9.26. The van der Waals surface area contributed by atoms with Crippen LogP contribution in [0.25, 0.3) is 11.1 Å². The molecule has 0 unspecified atom stereocenters. The topological polar surface area (TPSA) is 6.48 Å². The Bertz CT molecular complexity index is 2780. The van der Waals surface area contributed by atoms with Crippen LogP contribution in [-0.4, -0.2) is 0 Å². The molecule has 0 amide bonds. The van der Waals surface area contributed by atoms with Gasteiger partial charge in [-0.1, -0.05) is 205 Å². The van der Waals surface area contributed by atoms with Crippen molar-refractivity contribution < 1.29 is 0 Å². The molecule has 66 heavy (non-hydrogen) atoms. The Balaban J connectivity index is 0.944. The van der Waals surface area contributed by atoms with Crippen LogP contribution in [-0.2, 0) is 0 Å². The van der Waals surface area contributed by atoms with E-state index in [1.165, 1.54) is 44.5 Å². The van der Waals surface area contributed by atoms with Crippen LogP contribution in [0.1, 0.15) is 56.3 Å². The number of hydrogen-bond acceptors (Lipinski definition) is 2. The molecule has 318 valence electrons. The van der Waals surface area contributed by atoms with Gasteiger partial charge in [0.15, 0.2) is 0 Å². The predicted octanol–water partition coefficient (Wildman–Crippen LogP) is 17.3. The number of aryl methyl sites for hydroxylation is 2. The molecule has 2 heteroatoms. The van der Waals surface area contributed by atoms with Gasteiger partial charge in [-0.25, -0.2) is 0 Å². The van der Waals surface area contributed by atoms with Crippen molar-refractivity contribution in [2.24, 2.45) is 0 Å². The number of nitrogens with zero attached hydrogens (tertiary/aromatic N) is 2. The number of anilines is 6. The van der Waals surface area contributed by atoms with Crippen LogP contribution >= 0.6 is 0 Å². The molecule has 0 aliphatic rings. The third-order valence-electron chi connectivity index (χ3n) is 12.7. The third kappa shape index (κ3) is 9.09. The summed E-state index contributed by atoms with van der Waals surface area (Å²) in [6, 6.07) is 97.0. The van der Waals surface area contributed by atoms with E-state index in [-0.39, 0.29) is 11.8 Å². The van der Waals surface area contributed by atoms with Crippen molar-refractivity contribution >= 4 is 34.1 Å². The Morgan fingerprint density at radius 3 is 0.652 bits per heavy atom. The molecule has 0 radical (unpaired) electrons. The molecule has 2 nitrogen and oxygen atoms in total. The fourth-order valence-electron chi connectivity index (χ4n) is 9.26. The molecule has 0 N–H and O–H groups in total. The largest absolute Gasteiger partial charge is 0.311 e. The highest BCUT2D eigenvalue weighted by Crippen LogP contribution is 2.41. The molecule has 0 bridgehead atoms. The molecule has 10 aromatic carbocycles. The van der Waals surface area contributed by atoms with Crippen molar-refractivity contribution in [3.63, 3.8) is 0 Å². The third-order valence-corrected chi connectivity index (χ3v) is 12.7. The predicted molar refractivity (Wildman–Crippen MR) is 278 cm³/mol. The minimum Gasteiger partial charge on any atom is -0.311 e. The zero-order valence-corrected chi connectivity index (χ0v) is 37.5. The van der Waals surface area contributed by atoms with E-state index in [1.54, 1.807) is 0 Å². The van der Waals surface area contributed by atoms with Gasteiger partial charge in [0.05, 0.1) is 0 Å². The molecular formula is C64H52N2. The van der Waals surface area contributed by atoms with Gasteiger partial charge in [-0.05, 0) is 131 Å². The lowest BCUT2D eigenvalue weighted by atomic mass is 9.85. The van der Waals surface area contributed by atoms with Gasteiger partial charge >= 0.3 is 0 Å². The molecule has 0 fully saturated rings. The van der Waals surface area contributed by atoms with E-state index in [2.05, 4.69) is 291 Å². The van der Waals surface area contributed by atoms with E-state index in [4.69, 9.17) is 0 Å². The van der Waals surface area contributed by atoms with Crippen molar-refractivity contribution in [2.75, 3.05) is 9.80 Å². The molecule has 0 heterocycles. The Morgan fingerprint density at radius 2 is 0.409 bits per heavy atom. The first-order valence-corrected chi connectivity index (χ1v) is 22.9. The maximum absolute atomic E-state index is 2.35. The minimum atomic E-state index is 0.141. The van der Waals surface area contributed by atoms with Crippen LogP contribution in [0.4, 0.5) is 34.1 Å². The summed E-state index contributed by atoms with van der Waals surface area (Å²) < 4.78 is 0. The maximum atomic E-state index is 2.35. The van der Waals surface area contributed by atoms with Crippen LogP contribution in [0.15, 0.2) is 267 Å². The van der Waals surface area contributed by atoms with Gasteiger partial charge in [0.2, 0.25) is 0 Å². The van der Waals surface area contributed by atoms with Crippen LogP contribution in [0.5, 0.6) is 0 Å². The van der Waals surface area contributed by atoms with Crippen LogP contribution in [0, 0.1) is 13.8 Å². The smallest absolute Gasteiger partial charge is 0.0462 e. The molecule has 0 saturated heterocycles. The highest BCUT2D eigenvalue weighted by atomic mass is 15.1. The number of rotatable bonds is 13. The first-order chi connectivity index (χ1) is 32.6. The zero-order valence-electron chi connectivity index (χ0n) is 37.5. The van der Waals surface area contributed by atoms with Crippen molar-refractivity contribution in [1.82, 2.24) is 0 Å². The lowest BCUT2D eigenvalue weighted by molar-refractivity contribution is 0.977. The Kier molecular flexibility index (Phi) is 12.2. The van der Waals surface area contributed by atoms with E-state index in [0.29, 0.717) is 0 Å². The van der Waals surface area contributed by atoms with Gasteiger partial charge < -0.3 is 9.80 Å². The molecular weight excluding hydrogens is 797 g/mol. The van der Waals surface area contributed by atoms with E-state index in [9.17, 15) is 0 Å². The van der Waals surface area contributed by atoms with Crippen molar-refractivity contribution in [3.05, 3.63) is 311 Å². The van der Waals surface area contributed by atoms with Gasteiger partial charge in [-0.15, -0.1) is 0 Å². The van der Waals surface area contributed by atoms with Gasteiger partial charge in [-0.3, -0.25) is 0 Å². The zero-order chi connectivity index (χ0) is 44.7. The summed E-state index contributed by atoms with van der Waals surface area (Å²) in [5, 5.41) is 0. The lowest BCUT2D eigenvalue weighted by Crippen LogP contribution is -2.11. The van der Waals surface area contributed by atoms with Gasteiger partial charge in [0.25, 0.3) is 0 Å². The average Bonchev–Trinajstić information content (AvgIpc) is 3.38. The summed E-state index contributed by atoms with van der Waals surface area (Å²) in [5.41, 5.74) is 19.1. The Labute approximate surface area is 390 Å². The normalized spacial score (nSPS) is 11.2. The first-order valence-electron chi connectivity index (χ1n) is 22.9. The second-order valence-corrected chi connectivity index (χ2v) is 17.1. The number of hydrogen-bond donors (Lipinski definition) is 0. The van der Waals surface area contributed by atoms with E-state index >= 15 is 0 Å². The van der Waals surface area contributed by atoms with Crippen molar-refractivity contribution in [1.29, 1.82) is 0 Å². The Hall–Kier alpha value is -8.20. The SMILES string of the molecule is Cc1ccc(N(c2ccc(-c3ccc(N(c4ccc(C)cc4)c4ccc(C(c5ccccc5)c5ccccc5)cc4)cc3)cc2)c2ccc(C(c3ccccc3)c3ccccc3)cc2)cc1. The molecule has 0 saturated carbocycles. The summed E-state index contributed by atoms with van der Waals surface area (Å²) >= 11 is 0. The van der Waals surface area contributed by atoms with Crippen LogP contribution in [0.3, 0.4) is 0 Å². The molecule has 0 atom stereocenters. The fraction of sp³-hybridized carbons (Fsp3) is 0.0625. The summed E-state index contributed by atoms with van der Waals surface area (Å²) in [7, 11) is 0. The van der Waals surface area contributed by atoms with Gasteiger partial charge in [0, 0.05) is 46.0 Å². The van der Waals surface area contributed by atoms with Crippen molar-refractivity contribution in [2.45, 2.75) is 25.7 Å². The monoisotopic (exact) mass is 848 g/mol. The molecule has 10 aromatic rings. The Morgan fingerprint density at radius 1 is 0.212 bits per heavy atom. The van der Waals surface area contributed by atoms with Gasteiger partial charge in [-0.2, -0.15) is 0 Å². The van der Waals surface area contributed by atoms with Crippen LogP contribution in [0.2, 0.25) is 0 Å². The quantitative estimate of drug-likeness (QED) is 0.107. The van der Waals surface area contributed by atoms with Gasteiger partial charge in [0.1, 0.15) is 0 Å². The summed E-state index contributed by atoms with van der Waals surface area (Å²) in [6.45, 7) is 4.28. The summed E-state index contributed by atoms with van der Waals surface area (Å²) in [5.74, 6) is 0.282. The number of benzene rings is 10. The maximum Gasteiger partial charge on any atom is 0.0462 e. The summed E-state index contributed by atoms with van der Waals surface area (Å²) in [6.07, 6.45) is 0. The van der Waals surface area contributed by atoms with E-state index < -0.39 is 0 Å². The second-order valence-electron chi connectivity index (χ2n) is 17.1. The van der Waals surface area contributed by atoms with Crippen LogP contribution < -0.4 is 9.80 Å². The van der Waals surface area contributed by atoms with Crippen molar-refractivity contribution in [3.8, 4) is 11.1 Å².